The fraction of sp³-hybridized carbons (Fsp3) is 0.467. The highest BCUT2D eigenvalue weighted by Crippen LogP contribution is 2.24. The Bertz CT molecular complexity index is 635. The number of rotatable bonds is 4. The molecule has 1 amide bonds. The number of carbonyl (C=O) groups is 1. The van der Waals surface area contributed by atoms with E-state index in [1.807, 2.05) is 13.0 Å². The first kappa shape index (κ1) is 14.6. The van der Waals surface area contributed by atoms with Crippen molar-refractivity contribution in [2.75, 3.05) is 6.61 Å². The lowest BCUT2D eigenvalue weighted by atomic mass is 9.95. The Morgan fingerprint density at radius 1 is 1.45 bits per heavy atom. The van der Waals surface area contributed by atoms with E-state index in [9.17, 15) is 4.79 Å². The zero-order valence-corrected chi connectivity index (χ0v) is 12.4. The summed E-state index contributed by atoms with van der Waals surface area (Å²) in [7, 11) is 0. The van der Waals surface area contributed by atoms with Crippen LogP contribution in [-0.2, 0) is 16.1 Å². The van der Waals surface area contributed by atoms with Gasteiger partial charge in [-0.05, 0) is 38.3 Å². The van der Waals surface area contributed by atoms with E-state index in [2.05, 4.69) is 20.4 Å². The Hall–Kier alpha value is -2.28. The maximum atomic E-state index is 12.2. The topological polar surface area (TPSA) is 90.1 Å². The van der Waals surface area contributed by atoms with Crippen LogP contribution in [0.25, 0.3) is 11.4 Å². The summed E-state index contributed by atoms with van der Waals surface area (Å²) in [5.41, 5.74) is 0.0103. The molecule has 0 aromatic carbocycles. The molecule has 0 radical (unpaired) electrons. The van der Waals surface area contributed by atoms with Crippen molar-refractivity contribution in [1.82, 2.24) is 20.4 Å². The Balaban J connectivity index is 1.60. The Labute approximate surface area is 128 Å². The molecule has 0 bridgehead atoms. The summed E-state index contributed by atoms with van der Waals surface area (Å²) in [6.45, 7) is 2.62. The van der Waals surface area contributed by atoms with E-state index in [1.165, 1.54) is 0 Å². The summed E-state index contributed by atoms with van der Waals surface area (Å²) in [6, 6.07) is 3.64. The van der Waals surface area contributed by atoms with Crippen molar-refractivity contribution in [3.8, 4) is 11.4 Å². The van der Waals surface area contributed by atoms with E-state index < -0.39 is 5.60 Å². The number of pyridine rings is 1. The largest absolute Gasteiger partial charge is 0.365 e. The molecule has 3 heterocycles. The van der Waals surface area contributed by atoms with Crippen molar-refractivity contribution in [2.24, 2.45) is 0 Å². The van der Waals surface area contributed by atoms with Crippen molar-refractivity contribution in [3.05, 3.63) is 30.4 Å². The minimum absolute atomic E-state index is 0.145. The van der Waals surface area contributed by atoms with Gasteiger partial charge >= 0.3 is 0 Å². The zero-order valence-electron chi connectivity index (χ0n) is 12.4. The maximum Gasteiger partial charge on any atom is 0.252 e. The molecule has 1 N–H and O–H groups in total. The molecule has 2 aromatic heterocycles. The third-order valence-corrected chi connectivity index (χ3v) is 3.74. The van der Waals surface area contributed by atoms with Crippen LogP contribution < -0.4 is 5.32 Å². The molecule has 22 heavy (non-hydrogen) atoms. The number of nitrogens with zero attached hydrogens (tertiary/aromatic N) is 3. The van der Waals surface area contributed by atoms with Crippen molar-refractivity contribution >= 4 is 5.91 Å². The normalized spacial score (nSPS) is 21.5. The number of hydrogen-bond acceptors (Lipinski definition) is 6. The third kappa shape index (κ3) is 3.14. The minimum Gasteiger partial charge on any atom is -0.365 e. The minimum atomic E-state index is -0.759. The molecule has 1 aliphatic rings. The van der Waals surface area contributed by atoms with Crippen LogP contribution in [0, 0.1) is 0 Å². The second-order valence-electron chi connectivity index (χ2n) is 5.47. The van der Waals surface area contributed by atoms with Crippen molar-refractivity contribution < 1.29 is 14.1 Å². The molecule has 1 saturated heterocycles. The highest BCUT2D eigenvalue weighted by molar-refractivity contribution is 5.84. The van der Waals surface area contributed by atoms with Gasteiger partial charge in [0.15, 0.2) is 0 Å². The maximum absolute atomic E-state index is 12.2. The van der Waals surface area contributed by atoms with Gasteiger partial charge in [-0.2, -0.15) is 4.98 Å². The van der Waals surface area contributed by atoms with E-state index >= 15 is 0 Å². The van der Waals surface area contributed by atoms with Crippen LogP contribution in [0.2, 0.25) is 0 Å². The summed E-state index contributed by atoms with van der Waals surface area (Å²) < 4.78 is 10.7. The van der Waals surface area contributed by atoms with Gasteiger partial charge in [-0.1, -0.05) is 5.16 Å². The van der Waals surface area contributed by atoms with Crippen molar-refractivity contribution in [2.45, 2.75) is 38.3 Å². The van der Waals surface area contributed by atoms with Gasteiger partial charge < -0.3 is 14.6 Å². The van der Waals surface area contributed by atoms with Gasteiger partial charge in [0.25, 0.3) is 5.91 Å². The summed E-state index contributed by atoms with van der Waals surface area (Å²) in [5.74, 6) is 0.664. The van der Waals surface area contributed by atoms with Gasteiger partial charge in [0.1, 0.15) is 5.60 Å². The molecule has 2 aromatic rings. The second-order valence-corrected chi connectivity index (χ2v) is 5.47. The van der Waals surface area contributed by atoms with E-state index in [-0.39, 0.29) is 12.5 Å². The van der Waals surface area contributed by atoms with Crippen LogP contribution in [0.5, 0.6) is 0 Å². The summed E-state index contributed by atoms with van der Waals surface area (Å²) in [4.78, 5) is 20.5. The molecule has 0 spiro atoms. The predicted molar refractivity (Wildman–Crippen MR) is 77.6 cm³/mol. The number of hydrogen-bond donors (Lipinski definition) is 1. The standard InChI is InChI=1S/C15H18N4O3/c1-15(6-2-3-8-21-15)14(20)17-10-12-18-13(19-22-12)11-5-4-7-16-9-11/h4-5,7,9H,2-3,6,8,10H2,1H3,(H,17,20)/t15-/m0/s1. The van der Waals surface area contributed by atoms with Crippen molar-refractivity contribution in [3.63, 3.8) is 0 Å². The molecular formula is C15H18N4O3. The summed E-state index contributed by atoms with van der Waals surface area (Å²) >= 11 is 0. The predicted octanol–water partition coefficient (Wildman–Crippen LogP) is 1.71. The van der Waals surface area contributed by atoms with Crippen LogP contribution in [-0.4, -0.2) is 33.2 Å². The van der Waals surface area contributed by atoms with Crippen LogP contribution in [0.1, 0.15) is 32.1 Å². The summed E-state index contributed by atoms with van der Waals surface area (Å²) in [5, 5.41) is 6.68. The Kier molecular flexibility index (Phi) is 4.15. The van der Waals surface area contributed by atoms with E-state index in [0.29, 0.717) is 18.3 Å². The van der Waals surface area contributed by atoms with Crippen LogP contribution in [0.3, 0.4) is 0 Å². The molecule has 1 atom stereocenters. The highest BCUT2D eigenvalue weighted by atomic mass is 16.5. The molecule has 1 aliphatic heterocycles. The average molecular weight is 302 g/mol. The first-order chi connectivity index (χ1) is 10.7. The van der Waals surface area contributed by atoms with Gasteiger partial charge in [-0.25, -0.2) is 0 Å². The molecular weight excluding hydrogens is 284 g/mol. The Morgan fingerprint density at radius 2 is 2.36 bits per heavy atom. The fourth-order valence-corrected chi connectivity index (χ4v) is 2.39. The lowest BCUT2D eigenvalue weighted by Crippen LogP contribution is -2.48. The van der Waals surface area contributed by atoms with E-state index in [0.717, 1.165) is 24.8 Å². The molecule has 0 unspecified atom stereocenters. The van der Waals surface area contributed by atoms with E-state index in [4.69, 9.17) is 9.26 Å². The lowest BCUT2D eigenvalue weighted by Gasteiger charge is -2.32. The SMILES string of the molecule is C[C@@]1(C(=O)NCc2nc(-c3cccnc3)no2)CCCCO1. The second kappa shape index (κ2) is 6.23. The van der Waals surface area contributed by atoms with Crippen molar-refractivity contribution in [1.29, 1.82) is 0 Å². The molecule has 7 nitrogen and oxygen atoms in total. The molecule has 7 heteroatoms. The van der Waals surface area contributed by atoms with Gasteiger partial charge in [-0.15, -0.1) is 0 Å². The van der Waals surface area contributed by atoms with Gasteiger partial charge in [0.05, 0.1) is 6.54 Å². The first-order valence-electron chi connectivity index (χ1n) is 7.33. The highest BCUT2D eigenvalue weighted by Gasteiger charge is 2.35. The van der Waals surface area contributed by atoms with Crippen LogP contribution in [0.15, 0.2) is 29.0 Å². The molecule has 3 rings (SSSR count). The third-order valence-electron chi connectivity index (χ3n) is 3.74. The number of aromatic nitrogens is 3. The molecule has 1 fully saturated rings. The summed E-state index contributed by atoms with van der Waals surface area (Å²) in [6.07, 6.45) is 6.06. The number of carbonyl (C=O) groups excluding carboxylic acids is 1. The van der Waals surface area contributed by atoms with Gasteiger partial charge in [0.2, 0.25) is 11.7 Å². The lowest BCUT2D eigenvalue weighted by molar-refractivity contribution is -0.150. The smallest absolute Gasteiger partial charge is 0.252 e. The van der Waals surface area contributed by atoms with Crippen LogP contribution >= 0.6 is 0 Å². The average Bonchev–Trinajstić information content (AvgIpc) is 3.03. The number of ether oxygens (including phenoxy) is 1. The Morgan fingerprint density at radius 3 is 3.09 bits per heavy atom. The monoisotopic (exact) mass is 302 g/mol. The first-order valence-corrected chi connectivity index (χ1v) is 7.33. The van der Waals surface area contributed by atoms with E-state index in [1.54, 1.807) is 18.5 Å². The molecule has 0 aliphatic carbocycles. The zero-order chi connectivity index (χ0) is 15.4. The van der Waals surface area contributed by atoms with Crippen LogP contribution in [0.4, 0.5) is 0 Å². The van der Waals surface area contributed by atoms with Gasteiger partial charge in [0, 0.05) is 24.6 Å². The molecule has 116 valence electrons. The molecule has 0 saturated carbocycles. The quantitative estimate of drug-likeness (QED) is 0.924. The number of nitrogens with one attached hydrogen (secondary N) is 1. The fourth-order valence-electron chi connectivity index (χ4n) is 2.39. The van der Waals surface area contributed by atoms with Gasteiger partial charge in [-0.3, -0.25) is 9.78 Å². The number of amides is 1.